The van der Waals surface area contributed by atoms with Gasteiger partial charge in [0, 0.05) is 5.02 Å². The molecule has 1 N–H and O–H groups in total. The number of carbonyl (C=O) groups is 1. The molecular weight excluding hydrogens is 309 g/mol. The molecule has 0 aliphatic heterocycles. The smallest absolute Gasteiger partial charge is 0.260 e. The number of nitrogens with one attached hydrogen (secondary N) is 1. The van der Waals surface area contributed by atoms with Crippen LogP contribution in [-0.4, -0.2) is 21.9 Å². The van der Waals surface area contributed by atoms with Gasteiger partial charge in [-0.3, -0.25) is 10.1 Å². The summed E-state index contributed by atoms with van der Waals surface area (Å²) < 4.78 is 14.3. The van der Waals surface area contributed by atoms with E-state index in [4.69, 9.17) is 11.6 Å². The number of nitrogens with zero attached hydrogens (tertiary/aromatic N) is 2. The Morgan fingerprint density at radius 2 is 2.32 bits per heavy atom. The molecule has 1 aromatic carbocycles. The Labute approximate surface area is 122 Å². The maximum absolute atomic E-state index is 13.5. The molecule has 0 fully saturated rings. The van der Waals surface area contributed by atoms with Crippen molar-refractivity contribution in [2.24, 2.45) is 0 Å². The zero-order chi connectivity index (χ0) is 13.8. The van der Waals surface area contributed by atoms with Gasteiger partial charge in [0.15, 0.2) is 4.34 Å². The summed E-state index contributed by atoms with van der Waals surface area (Å²) in [6.45, 7) is 1.99. The van der Waals surface area contributed by atoms with Crippen LogP contribution in [0, 0.1) is 5.82 Å². The lowest BCUT2D eigenvalue weighted by Gasteiger charge is -2.02. The Hall–Kier alpha value is -1.18. The number of amides is 1. The second-order valence-corrected chi connectivity index (χ2v) is 6.31. The van der Waals surface area contributed by atoms with Gasteiger partial charge in [-0.2, -0.15) is 0 Å². The van der Waals surface area contributed by atoms with Crippen LogP contribution in [0.1, 0.15) is 17.3 Å². The van der Waals surface area contributed by atoms with Crippen LogP contribution in [0.3, 0.4) is 0 Å². The monoisotopic (exact) mass is 317 g/mol. The minimum atomic E-state index is -0.669. The lowest BCUT2D eigenvalue weighted by Crippen LogP contribution is -2.13. The summed E-state index contributed by atoms with van der Waals surface area (Å²) in [7, 11) is 0. The van der Waals surface area contributed by atoms with Gasteiger partial charge in [-0.05, 0) is 24.0 Å². The first-order valence-corrected chi connectivity index (χ1v) is 7.51. The summed E-state index contributed by atoms with van der Waals surface area (Å²) in [5.41, 5.74) is -0.0794. The Balaban J connectivity index is 2.11. The van der Waals surface area contributed by atoms with Gasteiger partial charge in [-0.1, -0.05) is 41.6 Å². The maximum atomic E-state index is 13.5. The SMILES string of the molecule is CCSc1nnc(NC(=O)c2ccc(Cl)cc2F)s1. The molecule has 1 amide bonds. The highest BCUT2D eigenvalue weighted by Crippen LogP contribution is 2.25. The first-order valence-electron chi connectivity index (χ1n) is 5.33. The highest BCUT2D eigenvalue weighted by Gasteiger charge is 2.14. The summed E-state index contributed by atoms with van der Waals surface area (Å²) in [6, 6.07) is 3.88. The van der Waals surface area contributed by atoms with Gasteiger partial charge >= 0.3 is 0 Å². The Bertz CT molecular complexity index is 605. The molecule has 0 radical (unpaired) electrons. The first-order chi connectivity index (χ1) is 9.10. The van der Waals surface area contributed by atoms with Crippen LogP contribution in [0.5, 0.6) is 0 Å². The molecule has 2 aromatic rings. The summed E-state index contributed by atoms with van der Waals surface area (Å²) >= 11 is 8.40. The van der Waals surface area contributed by atoms with Crippen LogP contribution in [-0.2, 0) is 0 Å². The maximum Gasteiger partial charge on any atom is 0.260 e. The fourth-order valence-electron chi connectivity index (χ4n) is 1.28. The van der Waals surface area contributed by atoms with Crippen molar-refractivity contribution in [1.82, 2.24) is 10.2 Å². The van der Waals surface area contributed by atoms with E-state index in [1.54, 1.807) is 0 Å². The molecule has 4 nitrogen and oxygen atoms in total. The molecule has 0 unspecified atom stereocenters. The zero-order valence-electron chi connectivity index (χ0n) is 9.81. The predicted molar refractivity (Wildman–Crippen MR) is 75.7 cm³/mol. The van der Waals surface area contributed by atoms with E-state index in [1.807, 2.05) is 6.92 Å². The Kier molecular flexibility index (Phi) is 4.73. The average Bonchev–Trinajstić information content (AvgIpc) is 2.76. The molecule has 0 spiro atoms. The van der Waals surface area contributed by atoms with Crippen LogP contribution in [0.25, 0.3) is 0 Å². The fraction of sp³-hybridized carbons (Fsp3) is 0.182. The first kappa shape index (κ1) is 14.2. The fourth-order valence-corrected chi connectivity index (χ4v) is 3.08. The number of anilines is 1. The lowest BCUT2D eigenvalue weighted by molar-refractivity contribution is 0.102. The Morgan fingerprint density at radius 3 is 3.00 bits per heavy atom. The molecule has 0 saturated heterocycles. The zero-order valence-corrected chi connectivity index (χ0v) is 12.2. The number of aromatic nitrogens is 2. The highest BCUT2D eigenvalue weighted by molar-refractivity contribution is 8.01. The molecular formula is C11H9ClFN3OS2. The van der Waals surface area contributed by atoms with Gasteiger partial charge in [-0.25, -0.2) is 4.39 Å². The van der Waals surface area contributed by atoms with E-state index in [1.165, 1.54) is 35.2 Å². The van der Waals surface area contributed by atoms with Crippen molar-refractivity contribution in [1.29, 1.82) is 0 Å². The van der Waals surface area contributed by atoms with Gasteiger partial charge in [-0.15, -0.1) is 10.2 Å². The van der Waals surface area contributed by atoms with Crippen LogP contribution < -0.4 is 5.32 Å². The lowest BCUT2D eigenvalue weighted by atomic mass is 10.2. The normalized spacial score (nSPS) is 10.5. The third kappa shape index (κ3) is 3.65. The van der Waals surface area contributed by atoms with E-state index < -0.39 is 11.7 Å². The van der Waals surface area contributed by atoms with Gasteiger partial charge in [0.1, 0.15) is 5.82 Å². The quantitative estimate of drug-likeness (QED) is 0.690. The molecule has 1 aromatic heterocycles. The van der Waals surface area contributed by atoms with Gasteiger partial charge in [0.25, 0.3) is 5.91 Å². The molecule has 0 bridgehead atoms. The van der Waals surface area contributed by atoms with Crippen LogP contribution >= 0.6 is 34.7 Å². The van der Waals surface area contributed by atoms with Crippen molar-refractivity contribution in [3.63, 3.8) is 0 Å². The largest absolute Gasteiger partial charge is 0.296 e. The van der Waals surface area contributed by atoms with Crippen LogP contribution in [0.15, 0.2) is 22.5 Å². The molecule has 0 atom stereocenters. The van der Waals surface area contributed by atoms with Gasteiger partial charge < -0.3 is 0 Å². The average molecular weight is 318 g/mol. The number of carbonyl (C=O) groups excluding carboxylic acids is 1. The Morgan fingerprint density at radius 1 is 1.53 bits per heavy atom. The summed E-state index contributed by atoms with van der Waals surface area (Å²) in [5, 5.41) is 10.8. The van der Waals surface area contributed by atoms with Crippen LogP contribution in [0.2, 0.25) is 5.02 Å². The summed E-state index contributed by atoms with van der Waals surface area (Å²) in [4.78, 5) is 11.9. The molecule has 1 heterocycles. The van der Waals surface area contributed by atoms with E-state index in [9.17, 15) is 9.18 Å². The number of halogens is 2. The van der Waals surface area contributed by atoms with Crippen molar-refractivity contribution in [3.8, 4) is 0 Å². The van der Waals surface area contributed by atoms with Crippen LogP contribution in [0.4, 0.5) is 9.52 Å². The molecule has 19 heavy (non-hydrogen) atoms. The third-order valence-electron chi connectivity index (χ3n) is 2.07. The van der Waals surface area contributed by atoms with Crippen molar-refractivity contribution in [3.05, 3.63) is 34.6 Å². The van der Waals surface area contributed by atoms with Crippen molar-refractivity contribution >= 4 is 45.7 Å². The van der Waals surface area contributed by atoms with Crippen molar-refractivity contribution in [2.75, 3.05) is 11.1 Å². The molecule has 0 aliphatic rings. The van der Waals surface area contributed by atoms with Crippen molar-refractivity contribution in [2.45, 2.75) is 11.3 Å². The predicted octanol–water partition coefficient (Wildman–Crippen LogP) is 3.69. The molecule has 0 aliphatic carbocycles. The molecule has 0 saturated carbocycles. The van der Waals surface area contributed by atoms with E-state index in [0.717, 1.165) is 16.2 Å². The minimum Gasteiger partial charge on any atom is -0.296 e. The third-order valence-corrected chi connectivity index (χ3v) is 4.16. The molecule has 100 valence electrons. The molecule has 8 heteroatoms. The number of hydrogen-bond donors (Lipinski definition) is 1. The van der Waals surface area contributed by atoms with Gasteiger partial charge in [0.2, 0.25) is 5.13 Å². The molecule has 2 rings (SSSR count). The number of thioether (sulfide) groups is 1. The topological polar surface area (TPSA) is 54.9 Å². The van der Waals surface area contributed by atoms with E-state index in [2.05, 4.69) is 15.5 Å². The second-order valence-electron chi connectivity index (χ2n) is 3.38. The number of benzene rings is 1. The highest BCUT2D eigenvalue weighted by atomic mass is 35.5. The van der Waals surface area contributed by atoms with E-state index in [0.29, 0.717) is 5.13 Å². The second kappa shape index (κ2) is 6.31. The summed E-state index contributed by atoms with van der Waals surface area (Å²) in [6.07, 6.45) is 0. The van der Waals surface area contributed by atoms with Crippen molar-refractivity contribution < 1.29 is 9.18 Å². The van der Waals surface area contributed by atoms with Gasteiger partial charge in [0.05, 0.1) is 5.56 Å². The van der Waals surface area contributed by atoms with E-state index in [-0.39, 0.29) is 10.6 Å². The number of hydrogen-bond acceptors (Lipinski definition) is 5. The van der Waals surface area contributed by atoms with E-state index >= 15 is 0 Å². The number of rotatable bonds is 4. The minimum absolute atomic E-state index is 0.0794. The summed E-state index contributed by atoms with van der Waals surface area (Å²) in [5.74, 6) is -0.370. The standard InChI is InChI=1S/C11H9ClFN3OS2/c1-2-18-11-16-15-10(19-11)14-9(17)7-4-3-6(12)5-8(7)13/h3-5H,2H2,1H3,(H,14,15,17).